The number of hydrogen-bond acceptors (Lipinski definition) is 5. The van der Waals surface area contributed by atoms with Gasteiger partial charge in [0.1, 0.15) is 10.7 Å². The normalized spacial score (nSPS) is 13.2. The summed E-state index contributed by atoms with van der Waals surface area (Å²) >= 11 is 0. The molecule has 8 heteroatoms. The van der Waals surface area contributed by atoms with Crippen LogP contribution in [-0.2, 0) is 10.0 Å². The second-order valence-electron chi connectivity index (χ2n) is 4.36. The molecule has 2 aromatic rings. The van der Waals surface area contributed by atoms with E-state index in [1.165, 1.54) is 18.2 Å². The lowest BCUT2D eigenvalue weighted by Gasteiger charge is -2.10. The minimum Gasteiger partial charge on any atom is -0.454 e. The van der Waals surface area contributed by atoms with E-state index >= 15 is 0 Å². The monoisotopic (exact) mass is 310 g/mol. The van der Waals surface area contributed by atoms with Crippen LogP contribution in [0.25, 0.3) is 0 Å². The van der Waals surface area contributed by atoms with E-state index in [0.717, 1.165) is 12.1 Å². The first kappa shape index (κ1) is 13.5. The lowest BCUT2D eigenvalue weighted by molar-refractivity contribution is 0.174. The molecular weight excluding hydrogens is 299 g/mol. The van der Waals surface area contributed by atoms with Crippen molar-refractivity contribution in [1.82, 2.24) is 0 Å². The van der Waals surface area contributed by atoms with Crippen LogP contribution in [0.2, 0.25) is 0 Å². The molecule has 1 heterocycles. The molecule has 110 valence electrons. The Hall–Kier alpha value is -2.48. The molecule has 2 aromatic carbocycles. The fraction of sp³-hybridized carbons (Fsp3) is 0.0769. The predicted octanol–water partition coefficient (Wildman–Crippen LogP) is 1.94. The fourth-order valence-corrected chi connectivity index (χ4v) is 3.10. The molecule has 0 bridgehead atoms. The molecule has 1 aliphatic rings. The van der Waals surface area contributed by atoms with Crippen LogP contribution in [0.1, 0.15) is 0 Å². The molecule has 0 spiro atoms. The highest BCUT2D eigenvalue weighted by atomic mass is 32.2. The zero-order valence-electron chi connectivity index (χ0n) is 10.7. The van der Waals surface area contributed by atoms with E-state index in [9.17, 15) is 12.8 Å². The van der Waals surface area contributed by atoms with Gasteiger partial charge in [0.2, 0.25) is 6.79 Å². The summed E-state index contributed by atoms with van der Waals surface area (Å²) in [7, 11) is -4.00. The molecule has 0 saturated heterocycles. The first-order valence-electron chi connectivity index (χ1n) is 5.93. The van der Waals surface area contributed by atoms with Crippen molar-refractivity contribution in [2.75, 3.05) is 17.2 Å². The number of nitrogens with one attached hydrogen (secondary N) is 1. The maximum absolute atomic E-state index is 13.2. The number of hydrogen-bond donors (Lipinski definition) is 2. The van der Waals surface area contributed by atoms with Crippen LogP contribution in [0.4, 0.5) is 15.8 Å². The third-order valence-corrected chi connectivity index (χ3v) is 4.33. The molecule has 0 aliphatic carbocycles. The highest BCUT2D eigenvalue weighted by Crippen LogP contribution is 2.35. The van der Waals surface area contributed by atoms with Gasteiger partial charge >= 0.3 is 0 Å². The van der Waals surface area contributed by atoms with Crippen LogP contribution in [0, 0.1) is 5.82 Å². The molecule has 0 amide bonds. The van der Waals surface area contributed by atoms with E-state index in [2.05, 4.69) is 4.72 Å². The lowest BCUT2D eigenvalue weighted by Crippen LogP contribution is -2.15. The van der Waals surface area contributed by atoms with Gasteiger partial charge in [-0.05, 0) is 30.3 Å². The Morgan fingerprint density at radius 3 is 2.67 bits per heavy atom. The largest absolute Gasteiger partial charge is 0.454 e. The number of fused-ring (bicyclic) bond motifs is 1. The second kappa shape index (κ2) is 4.81. The number of nitrogens with two attached hydrogens (primary N) is 1. The van der Waals surface area contributed by atoms with E-state index in [1.54, 1.807) is 6.07 Å². The number of nitrogen functional groups attached to an aromatic ring is 1. The van der Waals surface area contributed by atoms with Gasteiger partial charge in [0.15, 0.2) is 11.5 Å². The molecule has 3 N–H and O–H groups in total. The minimum atomic E-state index is -4.00. The van der Waals surface area contributed by atoms with Gasteiger partial charge in [-0.3, -0.25) is 4.72 Å². The van der Waals surface area contributed by atoms with E-state index < -0.39 is 15.8 Å². The molecule has 0 unspecified atom stereocenters. The van der Waals surface area contributed by atoms with Crippen molar-refractivity contribution in [3.8, 4) is 11.5 Å². The summed E-state index contributed by atoms with van der Waals surface area (Å²) in [6, 6.07) is 7.73. The third kappa shape index (κ3) is 2.57. The predicted molar refractivity (Wildman–Crippen MR) is 74.2 cm³/mol. The van der Waals surface area contributed by atoms with Crippen molar-refractivity contribution in [2.45, 2.75) is 4.90 Å². The molecule has 0 saturated carbocycles. The zero-order valence-corrected chi connectivity index (χ0v) is 11.5. The number of rotatable bonds is 3. The van der Waals surface area contributed by atoms with E-state index in [4.69, 9.17) is 15.2 Å². The molecular formula is C13H11FN2O4S. The Balaban J connectivity index is 1.94. The first-order valence-corrected chi connectivity index (χ1v) is 7.41. The number of anilines is 2. The van der Waals surface area contributed by atoms with Gasteiger partial charge in [-0.25, -0.2) is 12.8 Å². The van der Waals surface area contributed by atoms with Gasteiger partial charge in [0.05, 0.1) is 11.4 Å². The van der Waals surface area contributed by atoms with Gasteiger partial charge < -0.3 is 15.2 Å². The molecule has 1 aliphatic heterocycles. The summed E-state index contributed by atoms with van der Waals surface area (Å²) in [5, 5.41) is 0. The number of ether oxygens (including phenoxy) is 2. The summed E-state index contributed by atoms with van der Waals surface area (Å²) in [4.78, 5) is -0.319. The van der Waals surface area contributed by atoms with Crippen molar-refractivity contribution in [1.29, 1.82) is 0 Å². The highest BCUT2D eigenvalue weighted by molar-refractivity contribution is 7.92. The van der Waals surface area contributed by atoms with E-state index in [0.29, 0.717) is 11.5 Å². The molecule has 0 radical (unpaired) electrons. The average molecular weight is 310 g/mol. The van der Waals surface area contributed by atoms with Crippen molar-refractivity contribution >= 4 is 21.4 Å². The Morgan fingerprint density at radius 1 is 1.10 bits per heavy atom. The van der Waals surface area contributed by atoms with Crippen LogP contribution < -0.4 is 19.9 Å². The van der Waals surface area contributed by atoms with Gasteiger partial charge in [0, 0.05) is 6.07 Å². The standard InChI is InChI=1S/C13H11FN2O4S/c14-8-1-3-10(15)13(5-8)21(17,18)16-9-2-4-11-12(6-9)20-7-19-11/h1-6,16H,7,15H2. The number of benzene rings is 2. The first-order chi connectivity index (χ1) is 9.95. The van der Waals surface area contributed by atoms with Crippen molar-refractivity contribution in [3.05, 3.63) is 42.2 Å². The fourth-order valence-electron chi connectivity index (χ4n) is 1.91. The summed E-state index contributed by atoms with van der Waals surface area (Å²) in [5.41, 5.74) is 5.82. The molecule has 6 nitrogen and oxygen atoms in total. The maximum Gasteiger partial charge on any atom is 0.264 e. The average Bonchev–Trinajstić information content (AvgIpc) is 2.88. The minimum absolute atomic E-state index is 0.0374. The van der Waals surface area contributed by atoms with E-state index in [1.807, 2.05) is 0 Å². The zero-order chi connectivity index (χ0) is 15.0. The van der Waals surface area contributed by atoms with Gasteiger partial charge in [0.25, 0.3) is 10.0 Å². The quantitative estimate of drug-likeness (QED) is 0.845. The Morgan fingerprint density at radius 2 is 1.86 bits per heavy atom. The van der Waals surface area contributed by atoms with Gasteiger partial charge in [-0.15, -0.1) is 0 Å². The van der Waals surface area contributed by atoms with Crippen molar-refractivity contribution in [3.63, 3.8) is 0 Å². The van der Waals surface area contributed by atoms with Crippen LogP contribution >= 0.6 is 0 Å². The third-order valence-electron chi connectivity index (χ3n) is 2.89. The van der Waals surface area contributed by atoms with Gasteiger partial charge in [-0.1, -0.05) is 0 Å². The summed E-state index contributed by atoms with van der Waals surface area (Å²) < 4.78 is 50.3. The number of halogens is 1. The summed E-state index contributed by atoms with van der Waals surface area (Å²) in [5.74, 6) is 0.279. The maximum atomic E-state index is 13.2. The van der Waals surface area contributed by atoms with Crippen molar-refractivity contribution in [2.24, 2.45) is 0 Å². The molecule has 0 fully saturated rings. The molecule has 0 atom stereocenters. The van der Waals surface area contributed by atoms with Crippen LogP contribution in [-0.4, -0.2) is 15.2 Å². The number of sulfonamides is 1. The van der Waals surface area contributed by atoms with Crippen LogP contribution in [0.3, 0.4) is 0 Å². The summed E-state index contributed by atoms with van der Waals surface area (Å²) in [6.45, 7) is 0.0857. The van der Waals surface area contributed by atoms with E-state index in [-0.39, 0.29) is 23.1 Å². The molecule has 21 heavy (non-hydrogen) atoms. The topological polar surface area (TPSA) is 90.7 Å². The van der Waals surface area contributed by atoms with Crippen LogP contribution in [0.15, 0.2) is 41.3 Å². The SMILES string of the molecule is Nc1ccc(F)cc1S(=O)(=O)Nc1ccc2c(c1)OCO2. The van der Waals surface area contributed by atoms with Gasteiger partial charge in [-0.2, -0.15) is 0 Å². The Kier molecular flexibility index (Phi) is 3.09. The highest BCUT2D eigenvalue weighted by Gasteiger charge is 2.20. The smallest absolute Gasteiger partial charge is 0.264 e. The second-order valence-corrected chi connectivity index (χ2v) is 6.01. The van der Waals surface area contributed by atoms with Crippen molar-refractivity contribution < 1.29 is 22.3 Å². The summed E-state index contributed by atoms with van der Waals surface area (Å²) in [6.07, 6.45) is 0. The Labute approximate surface area is 120 Å². The lowest BCUT2D eigenvalue weighted by atomic mass is 10.3. The molecule has 0 aromatic heterocycles. The Bertz CT molecular complexity index is 808. The molecule has 3 rings (SSSR count). The van der Waals surface area contributed by atoms with Crippen LogP contribution in [0.5, 0.6) is 11.5 Å².